The Balaban J connectivity index is 1.63. The van der Waals surface area contributed by atoms with Crippen LogP contribution in [0, 0.1) is 18.8 Å². The molecule has 22 heavy (non-hydrogen) atoms. The minimum absolute atomic E-state index is 0.459. The number of rotatable bonds is 2. The molecular formula is C17H26IN3O. The van der Waals surface area contributed by atoms with E-state index in [1.54, 1.807) is 0 Å². The predicted octanol–water partition coefficient (Wildman–Crippen LogP) is 3.94. The number of nitrogens with zero attached hydrogens (tertiary/aromatic N) is 3. The van der Waals surface area contributed by atoms with Crippen LogP contribution < -0.4 is 0 Å². The first-order valence-corrected chi connectivity index (χ1v) is 10.0. The fourth-order valence-corrected chi connectivity index (χ4v) is 6.01. The number of aromatic nitrogens is 2. The molecule has 3 fully saturated rings. The summed E-state index contributed by atoms with van der Waals surface area (Å²) < 4.78 is 6.55. The summed E-state index contributed by atoms with van der Waals surface area (Å²) in [5, 5.41) is 4.09. The molecule has 1 saturated carbocycles. The predicted molar refractivity (Wildman–Crippen MR) is 94.2 cm³/mol. The Morgan fingerprint density at radius 1 is 1.14 bits per heavy atom. The molecule has 0 radical (unpaired) electrons. The quantitative estimate of drug-likeness (QED) is 0.542. The van der Waals surface area contributed by atoms with E-state index in [0.29, 0.717) is 12.0 Å². The molecule has 4 rings (SSSR count). The van der Waals surface area contributed by atoms with Crippen molar-refractivity contribution < 1.29 is 4.52 Å². The van der Waals surface area contributed by atoms with Crippen LogP contribution in [0.3, 0.4) is 0 Å². The molecule has 3 aliphatic rings. The van der Waals surface area contributed by atoms with E-state index in [1.165, 1.54) is 44.9 Å². The van der Waals surface area contributed by atoms with Gasteiger partial charge in [-0.2, -0.15) is 4.98 Å². The lowest BCUT2D eigenvalue weighted by atomic mass is 9.68. The lowest BCUT2D eigenvalue weighted by Crippen LogP contribution is -2.47. The molecule has 0 aromatic carbocycles. The molecule has 1 aromatic rings. The Bertz CT molecular complexity index is 526. The minimum Gasteiger partial charge on any atom is -0.339 e. The van der Waals surface area contributed by atoms with Crippen LogP contribution in [0.25, 0.3) is 0 Å². The van der Waals surface area contributed by atoms with Crippen LogP contribution in [0.2, 0.25) is 0 Å². The van der Waals surface area contributed by atoms with Gasteiger partial charge in [0.05, 0.1) is 5.92 Å². The van der Waals surface area contributed by atoms with Crippen molar-refractivity contribution in [2.45, 2.75) is 73.8 Å². The van der Waals surface area contributed by atoms with Crippen molar-refractivity contribution in [1.82, 2.24) is 15.0 Å². The van der Waals surface area contributed by atoms with Crippen LogP contribution in [0.4, 0.5) is 0 Å². The second-order valence-electron chi connectivity index (χ2n) is 7.58. The summed E-state index contributed by atoms with van der Waals surface area (Å²) in [6.07, 6.45) is 9.55. The van der Waals surface area contributed by atoms with E-state index in [1.807, 2.05) is 6.92 Å². The van der Waals surface area contributed by atoms with Gasteiger partial charge in [-0.3, -0.25) is 4.90 Å². The first kappa shape index (κ1) is 15.4. The summed E-state index contributed by atoms with van der Waals surface area (Å²) in [6.45, 7) is 1.94. The molecule has 2 unspecified atom stereocenters. The molecule has 122 valence electrons. The normalized spacial score (nSPS) is 42.7. The summed E-state index contributed by atoms with van der Waals surface area (Å²) in [4.78, 5) is 7.24. The second kappa shape index (κ2) is 6.04. The van der Waals surface area contributed by atoms with E-state index >= 15 is 0 Å². The third kappa shape index (κ3) is 2.62. The van der Waals surface area contributed by atoms with E-state index in [9.17, 15) is 0 Å². The smallest absolute Gasteiger partial charge is 0.231 e. The molecular weight excluding hydrogens is 389 g/mol. The summed E-state index contributed by atoms with van der Waals surface area (Å²) in [5.41, 5.74) is 0. The zero-order valence-corrected chi connectivity index (χ0v) is 15.7. The fourth-order valence-electron chi connectivity index (χ4n) is 5.29. The van der Waals surface area contributed by atoms with Crippen LogP contribution in [0.5, 0.6) is 0 Å². The first-order chi connectivity index (χ1) is 10.6. The van der Waals surface area contributed by atoms with Crippen LogP contribution in [-0.4, -0.2) is 38.1 Å². The third-order valence-corrected chi connectivity index (χ3v) is 7.70. The van der Waals surface area contributed by atoms with Crippen molar-refractivity contribution in [2.75, 3.05) is 7.05 Å². The molecule has 1 aromatic heterocycles. The van der Waals surface area contributed by atoms with E-state index < -0.39 is 0 Å². The largest absolute Gasteiger partial charge is 0.339 e. The van der Waals surface area contributed by atoms with Gasteiger partial charge in [0, 0.05) is 16.0 Å². The Morgan fingerprint density at radius 3 is 2.59 bits per heavy atom. The average molecular weight is 415 g/mol. The molecule has 3 heterocycles. The maximum Gasteiger partial charge on any atom is 0.231 e. The van der Waals surface area contributed by atoms with Crippen molar-refractivity contribution >= 4 is 22.6 Å². The van der Waals surface area contributed by atoms with Crippen molar-refractivity contribution in [3.63, 3.8) is 0 Å². The average Bonchev–Trinajstić information content (AvgIpc) is 3.02. The number of hydrogen-bond donors (Lipinski definition) is 0. The number of alkyl halides is 1. The van der Waals surface area contributed by atoms with Crippen LogP contribution in [0.15, 0.2) is 4.52 Å². The summed E-state index contributed by atoms with van der Waals surface area (Å²) in [6, 6.07) is 1.40. The van der Waals surface area contributed by atoms with Crippen LogP contribution >= 0.6 is 22.6 Å². The highest BCUT2D eigenvalue weighted by atomic mass is 127. The second-order valence-corrected chi connectivity index (χ2v) is 9.34. The highest BCUT2D eigenvalue weighted by molar-refractivity contribution is 14.1. The summed E-state index contributed by atoms with van der Waals surface area (Å²) in [5.74, 6) is 3.77. The molecule has 0 spiro atoms. The summed E-state index contributed by atoms with van der Waals surface area (Å²) in [7, 11) is 2.30. The zero-order chi connectivity index (χ0) is 15.3. The number of aryl methyl sites for hydroxylation is 1. The molecule has 2 saturated heterocycles. The third-order valence-electron chi connectivity index (χ3n) is 6.45. The Labute approximate surface area is 146 Å². The van der Waals surface area contributed by atoms with Gasteiger partial charge in [0.25, 0.3) is 0 Å². The molecule has 0 N–H and O–H groups in total. The highest BCUT2D eigenvalue weighted by Crippen LogP contribution is 2.51. The molecule has 5 heteroatoms. The van der Waals surface area contributed by atoms with Crippen LogP contribution in [0.1, 0.15) is 62.6 Å². The van der Waals surface area contributed by atoms with Gasteiger partial charge < -0.3 is 4.52 Å². The molecule has 4 nitrogen and oxygen atoms in total. The SMILES string of the molecule is Cc1noc(C2C3CC[C@H](C[C@H]2C2CCC(I)CC2)N3C)n1. The maximum absolute atomic E-state index is 5.66. The molecule has 1 aliphatic carbocycles. The van der Waals surface area contributed by atoms with Gasteiger partial charge in [0.2, 0.25) is 5.89 Å². The van der Waals surface area contributed by atoms with Gasteiger partial charge in [-0.1, -0.05) is 27.7 Å². The van der Waals surface area contributed by atoms with Crippen molar-refractivity contribution in [2.24, 2.45) is 11.8 Å². The molecule has 0 amide bonds. The zero-order valence-electron chi connectivity index (χ0n) is 13.5. The topological polar surface area (TPSA) is 42.2 Å². The number of halogens is 1. The minimum atomic E-state index is 0.459. The lowest BCUT2D eigenvalue weighted by molar-refractivity contribution is 0.0502. The molecule has 2 bridgehead atoms. The van der Waals surface area contributed by atoms with Gasteiger partial charge in [-0.25, -0.2) is 0 Å². The molecule has 4 atom stereocenters. The Kier molecular flexibility index (Phi) is 4.22. The van der Waals surface area contributed by atoms with Gasteiger partial charge in [0.1, 0.15) is 0 Å². The standard InChI is InChI=1S/C17H26IN3O/c1-10-19-17(22-20-10)16-14(11-3-5-12(18)6-4-11)9-13-7-8-15(16)21(13)2/h11-16H,3-9H2,1-2H3/t11?,12?,13-,14+,15?,16?/m1/s1. The first-order valence-electron chi connectivity index (χ1n) is 8.79. The van der Waals surface area contributed by atoms with Gasteiger partial charge in [0.15, 0.2) is 5.82 Å². The lowest BCUT2D eigenvalue weighted by Gasteiger charge is -2.45. The van der Waals surface area contributed by atoms with Gasteiger partial charge >= 0.3 is 0 Å². The van der Waals surface area contributed by atoms with Crippen molar-refractivity contribution in [1.29, 1.82) is 0 Å². The number of likely N-dealkylation sites (N-methyl/N-ethyl adjacent to an activating group) is 1. The van der Waals surface area contributed by atoms with Crippen molar-refractivity contribution in [3.05, 3.63) is 11.7 Å². The van der Waals surface area contributed by atoms with E-state index in [0.717, 1.165) is 33.5 Å². The van der Waals surface area contributed by atoms with Gasteiger partial charge in [-0.05, 0) is 70.8 Å². The number of hydrogen-bond acceptors (Lipinski definition) is 4. The fraction of sp³-hybridized carbons (Fsp3) is 0.882. The Morgan fingerprint density at radius 2 is 1.91 bits per heavy atom. The van der Waals surface area contributed by atoms with Crippen LogP contribution in [-0.2, 0) is 0 Å². The van der Waals surface area contributed by atoms with E-state index in [-0.39, 0.29) is 0 Å². The van der Waals surface area contributed by atoms with Gasteiger partial charge in [-0.15, -0.1) is 0 Å². The Hall–Kier alpha value is -0.170. The maximum atomic E-state index is 5.66. The monoisotopic (exact) mass is 415 g/mol. The van der Waals surface area contributed by atoms with Crippen molar-refractivity contribution in [3.8, 4) is 0 Å². The van der Waals surface area contributed by atoms with E-state index in [4.69, 9.17) is 4.52 Å². The summed E-state index contributed by atoms with van der Waals surface area (Å²) >= 11 is 2.63. The highest BCUT2D eigenvalue weighted by Gasteiger charge is 2.50. The number of piperidine rings is 1. The number of fused-ring (bicyclic) bond motifs is 2. The van der Waals surface area contributed by atoms with E-state index in [2.05, 4.69) is 44.7 Å². The molecule has 2 aliphatic heterocycles.